The minimum atomic E-state index is -4.09. The number of hydrogen-bond acceptors (Lipinski definition) is 4. The van der Waals surface area contributed by atoms with Gasteiger partial charge in [-0.1, -0.05) is 63.9 Å². The van der Waals surface area contributed by atoms with E-state index in [0.29, 0.717) is 20.7 Å². The summed E-state index contributed by atoms with van der Waals surface area (Å²) in [7, 11) is -2.61. The smallest absolute Gasteiger partial charge is 0.264 e. The van der Waals surface area contributed by atoms with Gasteiger partial charge in [0.15, 0.2) is 0 Å². The Morgan fingerprint density at radius 3 is 2.31 bits per heavy atom. The fourth-order valence-corrected chi connectivity index (χ4v) is 5.53. The third-order valence-corrected chi connectivity index (χ3v) is 7.88. The molecule has 10 heteroatoms. The molecular weight excluding hydrogens is 554 g/mol. The zero-order valence-corrected chi connectivity index (χ0v) is 22.3. The first-order valence-corrected chi connectivity index (χ1v) is 13.3. The second-order valence-corrected chi connectivity index (χ2v) is 11.0. The molecule has 0 aliphatic rings. The molecule has 3 aromatic carbocycles. The predicted octanol–water partition coefficient (Wildman–Crippen LogP) is 4.46. The molecule has 0 aliphatic carbocycles. The lowest BCUT2D eigenvalue weighted by atomic mass is 10.1. The fourth-order valence-electron chi connectivity index (χ4n) is 3.50. The number of rotatable bonds is 9. The summed E-state index contributed by atoms with van der Waals surface area (Å²) in [5.41, 5.74) is 1.02. The number of carbonyl (C=O) groups is 2. The Bertz CT molecular complexity index is 1300. The molecule has 0 saturated carbocycles. The van der Waals surface area contributed by atoms with Crippen LogP contribution in [0.1, 0.15) is 12.5 Å². The Balaban J connectivity index is 2.02. The molecule has 35 heavy (non-hydrogen) atoms. The van der Waals surface area contributed by atoms with Crippen molar-refractivity contribution in [3.05, 3.63) is 93.9 Å². The Kier molecular flexibility index (Phi) is 8.93. The molecule has 184 valence electrons. The maximum atomic E-state index is 13.6. The maximum Gasteiger partial charge on any atom is 0.264 e. The summed E-state index contributed by atoms with van der Waals surface area (Å²) < 4.78 is 28.9. The molecule has 0 aliphatic heterocycles. The van der Waals surface area contributed by atoms with Gasteiger partial charge in [0.25, 0.3) is 10.0 Å². The molecule has 0 aromatic heterocycles. The average molecular weight is 579 g/mol. The number of nitrogens with one attached hydrogen (secondary N) is 1. The highest BCUT2D eigenvalue weighted by Crippen LogP contribution is 2.27. The molecule has 3 rings (SSSR count). The van der Waals surface area contributed by atoms with E-state index in [1.54, 1.807) is 73.7 Å². The lowest BCUT2D eigenvalue weighted by Gasteiger charge is -2.31. The molecule has 0 unspecified atom stereocenters. The first-order valence-electron chi connectivity index (χ1n) is 10.7. The van der Waals surface area contributed by atoms with Crippen LogP contribution in [0.2, 0.25) is 5.02 Å². The molecule has 1 atom stereocenters. The van der Waals surface area contributed by atoms with E-state index in [4.69, 9.17) is 11.6 Å². The summed E-state index contributed by atoms with van der Waals surface area (Å²) in [5.74, 6) is -0.916. The zero-order chi connectivity index (χ0) is 25.6. The number of nitrogens with zero attached hydrogens (tertiary/aromatic N) is 2. The molecule has 0 saturated heterocycles. The Morgan fingerprint density at radius 2 is 1.69 bits per heavy atom. The number of anilines is 1. The summed E-state index contributed by atoms with van der Waals surface area (Å²) in [6.45, 7) is 1.16. The van der Waals surface area contributed by atoms with Gasteiger partial charge in [0, 0.05) is 23.1 Å². The number of carbonyl (C=O) groups excluding carboxylic acids is 2. The van der Waals surface area contributed by atoms with Crippen molar-refractivity contribution in [1.82, 2.24) is 10.2 Å². The summed E-state index contributed by atoms with van der Waals surface area (Å²) >= 11 is 9.48. The van der Waals surface area contributed by atoms with E-state index in [0.717, 1.165) is 4.31 Å². The topological polar surface area (TPSA) is 86.8 Å². The van der Waals surface area contributed by atoms with Gasteiger partial charge in [-0.2, -0.15) is 0 Å². The molecule has 0 fully saturated rings. The van der Waals surface area contributed by atoms with Crippen molar-refractivity contribution in [3.63, 3.8) is 0 Å². The highest BCUT2D eigenvalue weighted by molar-refractivity contribution is 9.10. The largest absolute Gasteiger partial charge is 0.357 e. The van der Waals surface area contributed by atoms with Gasteiger partial charge in [0.05, 0.1) is 10.6 Å². The highest BCUT2D eigenvalue weighted by Gasteiger charge is 2.32. The van der Waals surface area contributed by atoms with Gasteiger partial charge in [-0.05, 0) is 55.0 Å². The summed E-state index contributed by atoms with van der Waals surface area (Å²) in [6.07, 6.45) is 0. The van der Waals surface area contributed by atoms with Gasteiger partial charge < -0.3 is 10.2 Å². The van der Waals surface area contributed by atoms with Gasteiger partial charge in [-0.15, -0.1) is 0 Å². The van der Waals surface area contributed by atoms with E-state index in [1.807, 2.05) is 0 Å². The number of halogens is 2. The normalized spacial score (nSPS) is 12.0. The monoisotopic (exact) mass is 577 g/mol. The molecule has 0 heterocycles. The second-order valence-electron chi connectivity index (χ2n) is 7.75. The number of hydrogen-bond donors (Lipinski definition) is 1. The molecule has 0 bridgehead atoms. The van der Waals surface area contributed by atoms with E-state index in [-0.39, 0.29) is 17.3 Å². The molecule has 2 amide bonds. The molecular formula is C25H25BrClN3O4S. The predicted molar refractivity (Wildman–Crippen MR) is 141 cm³/mol. The number of likely N-dealkylation sites (N-methyl/N-ethyl adjacent to an activating group) is 1. The number of amides is 2. The number of benzene rings is 3. The van der Waals surface area contributed by atoms with Crippen molar-refractivity contribution < 1.29 is 18.0 Å². The SMILES string of the molecule is CNC(=O)[C@H](C)N(Cc1cccc(Cl)c1)C(=O)CN(c1cccc(Br)c1)S(=O)(=O)c1ccccc1. The van der Waals surface area contributed by atoms with Gasteiger partial charge in [-0.3, -0.25) is 13.9 Å². The van der Waals surface area contributed by atoms with Gasteiger partial charge in [0.2, 0.25) is 11.8 Å². The molecule has 7 nitrogen and oxygen atoms in total. The maximum absolute atomic E-state index is 13.6. The van der Waals surface area contributed by atoms with Gasteiger partial charge in [-0.25, -0.2) is 8.42 Å². The van der Waals surface area contributed by atoms with E-state index in [1.165, 1.54) is 24.1 Å². The van der Waals surface area contributed by atoms with Crippen LogP contribution in [0.25, 0.3) is 0 Å². The Labute approximate surface area is 218 Å². The summed E-state index contributed by atoms with van der Waals surface area (Å²) in [6, 6.07) is 20.7. The van der Waals surface area contributed by atoms with Gasteiger partial charge >= 0.3 is 0 Å². The fraction of sp³-hybridized carbons (Fsp3) is 0.200. The lowest BCUT2D eigenvalue weighted by Crippen LogP contribution is -2.50. The van der Waals surface area contributed by atoms with Crippen LogP contribution in [0.4, 0.5) is 5.69 Å². The van der Waals surface area contributed by atoms with Crippen molar-refractivity contribution in [2.24, 2.45) is 0 Å². The van der Waals surface area contributed by atoms with Crippen molar-refractivity contribution in [2.45, 2.75) is 24.4 Å². The van der Waals surface area contributed by atoms with Crippen LogP contribution in [0, 0.1) is 0 Å². The van der Waals surface area contributed by atoms with Crippen LogP contribution in [-0.4, -0.2) is 44.8 Å². The third kappa shape index (κ3) is 6.62. The molecule has 0 spiro atoms. The molecule has 0 radical (unpaired) electrons. The van der Waals surface area contributed by atoms with Crippen LogP contribution in [0.15, 0.2) is 88.2 Å². The summed E-state index contributed by atoms with van der Waals surface area (Å²) in [5, 5.41) is 3.04. The minimum Gasteiger partial charge on any atom is -0.357 e. The average Bonchev–Trinajstić information content (AvgIpc) is 2.85. The van der Waals surface area contributed by atoms with Crippen molar-refractivity contribution in [2.75, 3.05) is 17.9 Å². The highest BCUT2D eigenvalue weighted by atomic mass is 79.9. The van der Waals surface area contributed by atoms with Crippen molar-refractivity contribution in [3.8, 4) is 0 Å². The van der Waals surface area contributed by atoms with E-state index < -0.39 is 28.5 Å². The van der Waals surface area contributed by atoms with E-state index in [2.05, 4.69) is 21.2 Å². The third-order valence-electron chi connectivity index (χ3n) is 5.36. The first-order chi connectivity index (χ1) is 16.6. The van der Waals surface area contributed by atoms with Crippen LogP contribution in [-0.2, 0) is 26.2 Å². The van der Waals surface area contributed by atoms with Crippen LogP contribution in [0.3, 0.4) is 0 Å². The molecule has 1 N–H and O–H groups in total. The Morgan fingerprint density at radius 1 is 1.00 bits per heavy atom. The minimum absolute atomic E-state index is 0.0496. The van der Waals surface area contributed by atoms with Gasteiger partial charge in [0.1, 0.15) is 12.6 Å². The number of sulfonamides is 1. The Hall–Kier alpha value is -2.88. The first kappa shape index (κ1) is 26.7. The quantitative estimate of drug-likeness (QED) is 0.406. The second kappa shape index (κ2) is 11.7. The van der Waals surface area contributed by atoms with E-state index in [9.17, 15) is 18.0 Å². The van der Waals surface area contributed by atoms with Crippen LogP contribution < -0.4 is 9.62 Å². The lowest BCUT2D eigenvalue weighted by molar-refractivity contribution is -0.139. The van der Waals surface area contributed by atoms with E-state index >= 15 is 0 Å². The zero-order valence-electron chi connectivity index (χ0n) is 19.2. The van der Waals surface area contributed by atoms with Crippen molar-refractivity contribution in [1.29, 1.82) is 0 Å². The van der Waals surface area contributed by atoms with Crippen molar-refractivity contribution >= 4 is 55.1 Å². The summed E-state index contributed by atoms with van der Waals surface area (Å²) in [4.78, 5) is 27.5. The van der Waals surface area contributed by atoms with Crippen LogP contribution >= 0.6 is 27.5 Å². The molecule has 3 aromatic rings. The van der Waals surface area contributed by atoms with Crippen LogP contribution in [0.5, 0.6) is 0 Å². The standard InChI is InChI=1S/C25H25BrClN3O4S/c1-18(25(32)28-2)29(16-19-8-6-10-21(27)14-19)24(31)17-30(22-11-7-9-20(26)15-22)35(33,34)23-12-4-3-5-13-23/h3-15,18H,16-17H2,1-2H3,(H,28,32)/t18-/m0/s1.